The first-order valence-electron chi connectivity index (χ1n) is 6.60. The van der Waals surface area contributed by atoms with Crippen LogP contribution in [0.15, 0.2) is 18.2 Å². The van der Waals surface area contributed by atoms with Crippen LogP contribution in [0.2, 0.25) is 0 Å². The molecule has 0 spiro atoms. The van der Waals surface area contributed by atoms with Crippen LogP contribution in [0.4, 0.5) is 0 Å². The second-order valence-electron chi connectivity index (χ2n) is 4.78. The molecule has 1 fully saturated rings. The molecular formula is C14H19NO2S. The number of ether oxygens (including phenoxy) is 2. The van der Waals surface area contributed by atoms with Crippen molar-refractivity contribution in [3.63, 3.8) is 0 Å². The molecule has 4 heteroatoms. The van der Waals surface area contributed by atoms with Crippen LogP contribution in [0, 0.1) is 0 Å². The predicted octanol–water partition coefficient (Wildman–Crippen LogP) is 2.74. The number of fused-ring (bicyclic) bond motifs is 1. The molecule has 2 heterocycles. The Bertz CT molecular complexity index is 405. The molecule has 18 heavy (non-hydrogen) atoms. The molecule has 2 aliphatic heterocycles. The molecule has 3 rings (SSSR count). The van der Waals surface area contributed by atoms with E-state index in [0.29, 0.717) is 13.2 Å². The maximum absolute atomic E-state index is 5.60. The fourth-order valence-electron chi connectivity index (χ4n) is 2.38. The van der Waals surface area contributed by atoms with Gasteiger partial charge in [-0.25, -0.2) is 0 Å². The number of hydrogen-bond donors (Lipinski definition) is 0. The van der Waals surface area contributed by atoms with Crippen molar-refractivity contribution in [1.29, 1.82) is 0 Å². The van der Waals surface area contributed by atoms with Crippen molar-refractivity contribution in [2.45, 2.75) is 18.6 Å². The van der Waals surface area contributed by atoms with Gasteiger partial charge >= 0.3 is 0 Å². The lowest BCUT2D eigenvalue weighted by Gasteiger charge is -2.19. The van der Waals surface area contributed by atoms with E-state index in [1.165, 1.54) is 31.5 Å². The summed E-state index contributed by atoms with van der Waals surface area (Å²) in [6.45, 7) is 3.87. The first-order chi connectivity index (χ1) is 8.92. The fraction of sp³-hybridized carbons (Fsp3) is 0.571. The van der Waals surface area contributed by atoms with Crippen molar-refractivity contribution in [2.75, 3.05) is 32.2 Å². The first kappa shape index (κ1) is 12.2. The van der Waals surface area contributed by atoms with Gasteiger partial charge in [0.05, 0.1) is 0 Å². The summed E-state index contributed by atoms with van der Waals surface area (Å²) in [7, 11) is 0. The summed E-state index contributed by atoms with van der Waals surface area (Å²) in [4.78, 5) is 2.53. The van der Waals surface area contributed by atoms with Crippen LogP contribution in [0.25, 0.3) is 0 Å². The van der Waals surface area contributed by atoms with E-state index in [9.17, 15) is 0 Å². The molecule has 0 aromatic heterocycles. The number of nitrogens with zero attached hydrogens (tertiary/aromatic N) is 1. The van der Waals surface area contributed by atoms with Crippen molar-refractivity contribution < 1.29 is 9.47 Å². The standard InChI is InChI=1S/C14H19NO2S/c1-2-6-15(5-1)11-18-10-12-3-4-13-14(9-12)17-8-7-16-13/h3-4,9H,1-2,5-8,10-11H2. The third-order valence-electron chi connectivity index (χ3n) is 3.35. The van der Waals surface area contributed by atoms with Gasteiger partial charge < -0.3 is 9.47 Å². The summed E-state index contributed by atoms with van der Waals surface area (Å²) in [5.41, 5.74) is 1.32. The van der Waals surface area contributed by atoms with Gasteiger partial charge in [-0.15, -0.1) is 11.8 Å². The molecule has 3 nitrogen and oxygen atoms in total. The van der Waals surface area contributed by atoms with E-state index in [-0.39, 0.29) is 0 Å². The molecule has 0 atom stereocenters. The van der Waals surface area contributed by atoms with Crippen molar-refractivity contribution in [1.82, 2.24) is 4.90 Å². The summed E-state index contributed by atoms with van der Waals surface area (Å²) in [6.07, 6.45) is 2.73. The topological polar surface area (TPSA) is 21.7 Å². The molecule has 0 N–H and O–H groups in total. The lowest BCUT2D eigenvalue weighted by molar-refractivity contribution is 0.171. The Hall–Kier alpha value is -0.870. The molecule has 2 aliphatic rings. The van der Waals surface area contributed by atoms with Gasteiger partial charge in [-0.2, -0.15) is 0 Å². The van der Waals surface area contributed by atoms with Gasteiger partial charge in [-0.3, -0.25) is 4.90 Å². The van der Waals surface area contributed by atoms with E-state index in [4.69, 9.17) is 9.47 Å². The molecule has 98 valence electrons. The van der Waals surface area contributed by atoms with Crippen molar-refractivity contribution in [3.8, 4) is 11.5 Å². The van der Waals surface area contributed by atoms with E-state index < -0.39 is 0 Å². The minimum atomic E-state index is 0.663. The lowest BCUT2D eigenvalue weighted by atomic mass is 10.2. The van der Waals surface area contributed by atoms with Gasteiger partial charge in [0.2, 0.25) is 0 Å². The summed E-state index contributed by atoms with van der Waals surface area (Å²) < 4.78 is 11.1. The lowest BCUT2D eigenvalue weighted by Crippen LogP contribution is -2.18. The summed E-state index contributed by atoms with van der Waals surface area (Å²) in [5, 5.41) is 0. The van der Waals surface area contributed by atoms with E-state index in [2.05, 4.69) is 17.0 Å². The molecule has 1 aromatic carbocycles. The number of benzene rings is 1. The van der Waals surface area contributed by atoms with Gasteiger partial charge in [-0.05, 0) is 43.6 Å². The largest absolute Gasteiger partial charge is 0.486 e. The Labute approximate surface area is 112 Å². The average molecular weight is 265 g/mol. The predicted molar refractivity (Wildman–Crippen MR) is 74.4 cm³/mol. The number of hydrogen-bond acceptors (Lipinski definition) is 4. The second-order valence-corrected chi connectivity index (χ2v) is 5.74. The first-order valence-corrected chi connectivity index (χ1v) is 7.76. The molecule has 0 unspecified atom stereocenters. The number of rotatable bonds is 4. The van der Waals surface area contributed by atoms with E-state index in [1.54, 1.807) is 0 Å². The SMILES string of the molecule is c1cc2c(cc1CSCN1CCCC1)OCCO2. The highest BCUT2D eigenvalue weighted by Crippen LogP contribution is 2.32. The number of thioether (sulfide) groups is 1. The van der Waals surface area contributed by atoms with Crippen molar-refractivity contribution >= 4 is 11.8 Å². The van der Waals surface area contributed by atoms with Crippen LogP contribution in [-0.4, -0.2) is 37.1 Å². The third kappa shape index (κ3) is 2.93. The molecule has 0 radical (unpaired) electrons. The molecule has 1 aromatic rings. The van der Waals surface area contributed by atoms with E-state index >= 15 is 0 Å². The van der Waals surface area contributed by atoms with Crippen molar-refractivity contribution in [3.05, 3.63) is 23.8 Å². The van der Waals surface area contributed by atoms with Crippen LogP contribution >= 0.6 is 11.8 Å². The minimum Gasteiger partial charge on any atom is -0.486 e. The van der Waals surface area contributed by atoms with E-state index in [1.807, 2.05) is 17.8 Å². The molecule has 1 saturated heterocycles. The third-order valence-corrected chi connectivity index (χ3v) is 4.43. The summed E-state index contributed by atoms with van der Waals surface area (Å²) >= 11 is 1.98. The smallest absolute Gasteiger partial charge is 0.161 e. The fourth-order valence-corrected chi connectivity index (χ4v) is 3.40. The normalized spacial score (nSPS) is 19.1. The average Bonchev–Trinajstić information content (AvgIpc) is 2.92. The Morgan fingerprint density at radius 2 is 1.83 bits per heavy atom. The van der Waals surface area contributed by atoms with Gasteiger partial charge in [-0.1, -0.05) is 6.07 Å². The summed E-state index contributed by atoms with van der Waals surface area (Å²) in [6, 6.07) is 6.29. The van der Waals surface area contributed by atoms with Crippen LogP contribution in [0.5, 0.6) is 11.5 Å². The van der Waals surface area contributed by atoms with Crippen molar-refractivity contribution in [2.24, 2.45) is 0 Å². The molecule has 0 bridgehead atoms. The van der Waals surface area contributed by atoms with Crippen LogP contribution in [0.3, 0.4) is 0 Å². The second kappa shape index (κ2) is 5.85. The summed E-state index contributed by atoms with van der Waals surface area (Å²) in [5.74, 6) is 3.98. The minimum absolute atomic E-state index is 0.663. The van der Waals surface area contributed by atoms with Gasteiger partial charge in [0.15, 0.2) is 11.5 Å². The zero-order valence-corrected chi connectivity index (χ0v) is 11.4. The van der Waals surface area contributed by atoms with Gasteiger partial charge in [0, 0.05) is 11.6 Å². The Balaban J connectivity index is 1.52. The highest BCUT2D eigenvalue weighted by molar-refractivity contribution is 7.98. The maximum Gasteiger partial charge on any atom is 0.161 e. The molecule has 0 amide bonds. The number of likely N-dealkylation sites (tertiary alicyclic amines) is 1. The monoisotopic (exact) mass is 265 g/mol. The molecule has 0 saturated carbocycles. The van der Waals surface area contributed by atoms with Gasteiger partial charge in [0.25, 0.3) is 0 Å². The molecular weight excluding hydrogens is 246 g/mol. The van der Waals surface area contributed by atoms with Gasteiger partial charge in [0.1, 0.15) is 13.2 Å². The Kier molecular flexibility index (Phi) is 3.96. The van der Waals surface area contributed by atoms with E-state index in [0.717, 1.165) is 23.1 Å². The highest BCUT2D eigenvalue weighted by atomic mass is 32.2. The highest BCUT2D eigenvalue weighted by Gasteiger charge is 2.13. The van der Waals surface area contributed by atoms with Crippen LogP contribution in [0.1, 0.15) is 18.4 Å². The maximum atomic E-state index is 5.60. The molecule has 0 aliphatic carbocycles. The zero-order chi connectivity index (χ0) is 12.2. The Morgan fingerprint density at radius 1 is 1.06 bits per heavy atom. The Morgan fingerprint density at radius 3 is 2.67 bits per heavy atom. The van der Waals surface area contributed by atoms with Crippen LogP contribution in [-0.2, 0) is 5.75 Å². The zero-order valence-electron chi connectivity index (χ0n) is 10.6. The quantitative estimate of drug-likeness (QED) is 0.834. The van der Waals surface area contributed by atoms with Crippen LogP contribution < -0.4 is 9.47 Å².